The summed E-state index contributed by atoms with van der Waals surface area (Å²) in [6, 6.07) is 6.63. The Hall–Kier alpha value is -2.83. The standard InChI is InChI=1S/C14H12N4O3/c19-13(16-12-6-10(17-18-12)7-1-2-7)8-3-4-9-11(5-8)21-14(20)15-9/h3-7H,1-2H2,(H,15,20)(H2,16,17,18,19). The molecule has 3 aromatic rings. The zero-order valence-corrected chi connectivity index (χ0v) is 11.0. The number of hydrogen-bond acceptors (Lipinski definition) is 4. The fraction of sp³-hybridized carbons (Fsp3) is 0.214. The van der Waals surface area contributed by atoms with Crippen LogP contribution in [0, 0.1) is 0 Å². The number of H-pyrrole nitrogens is 2. The van der Waals surface area contributed by atoms with Crippen molar-refractivity contribution in [1.82, 2.24) is 15.2 Å². The number of aromatic amines is 2. The van der Waals surface area contributed by atoms with Crippen LogP contribution in [-0.4, -0.2) is 21.1 Å². The van der Waals surface area contributed by atoms with Crippen LogP contribution in [0.15, 0.2) is 33.5 Å². The van der Waals surface area contributed by atoms with Crippen LogP contribution in [-0.2, 0) is 0 Å². The fourth-order valence-electron chi connectivity index (χ4n) is 2.28. The largest absolute Gasteiger partial charge is 0.417 e. The second-order valence-corrected chi connectivity index (χ2v) is 5.16. The summed E-state index contributed by atoms with van der Waals surface area (Å²) in [5.74, 6) is 0.213. The van der Waals surface area contributed by atoms with Gasteiger partial charge in [0.05, 0.1) is 5.52 Å². The van der Waals surface area contributed by atoms with Crippen LogP contribution in [0.25, 0.3) is 11.1 Å². The fourth-order valence-corrected chi connectivity index (χ4v) is 2.28. The molecular weight excluding hydrogens is 272 g/mol. The Morgan fingerprint density at radius 3 is 3.00 bits per heavy atom. The van der Waals surface area contributed by atoms with E-state index >= 15 is 0 Å². The Morgan fingerprint density at radius 1 is 1.33 bits per heavy atom. The van der Waals surface area contributed by atoms with Gasteiger partial charge in [-0.25, -0.2) is 4.79 Å². The second kappa shape index (κ2) is 4.34. The number of anilines is 1. The monoisotopic (exact) mass is 284 g/mol. The van der Waals surface area contributed by atoms with Crippen LogP contribution in [0.5, 0.6) is 0 Å². The zero-order valence-electron chi connectivity index (χ0n) is 11.0. The van der Waals surface area contributed by atoms with Crippen molar-refractivity contribution in [1.29, 1.82) is 0 Å². The molecule has 1 aliphatic carbocycles. The Kier molecular flexibility index (Phi) is 2.47. The minimum Gasteiger partial charge on any atom is -0.408 e. The number of benzene rings is 1. The van der Waals surface area contributed by atoms with Crippen molar-refractivity contribution in [2.45, 2.75) is 18.8 Å². The highest BCUT2D eigenvalue weighted by molar-refractivity contribution is 6.05. The summed E-state index contributed by atoms with van der Waals surface area (Å²) < 4.78 is 4.94. The molecule has 2 aromatic heterocycles. The third-order valence-electron chi connectivity index (χ3n) is 3.54. The van der Waals surface area contributed by atoms with E-state index in [1.54, 1.807) is 12.1 Å². The van der Waals surface area contributed by atoms with Gasteiger partial charge in [-0.05, 0) is 31.0 Å². The van der Waals surface area contributed by atoms with E-state index in [-0.39, 0.29) is 5.91 Å². The van der Waals surface area contributed by atoms with Crippen molar-refractivity contribution in [3.8, 4) is 0 Å². The summed E-state index contributed by atoms with van der Waals surface area (Å²) in [7, 11) is 0. The molecule has 1 fully saturated rings. The molecule has 21 heavy (non-hydrogen) atoms. The lowest BCUT2D eigenvalue weighted by molar-refractivity contribution is 0.102. The van der Waals surface area contributed by atoms with Crippen molar-refractivity contribution in [3.63, 3.8) is 0 Å². The molecular formula is C14H12N4O3. The topological polar surface area (TPSA) is 104 Å². The maximum Gasteiger partial charge on any atom is 0.417 e. The average molecular weight is 284 g/mol. The number of hydrogen-bond donors (Lipinski definition) is 3. The number of oxazole rings is 1. The molecule has 4 rings (SSSR count). The van der Waals surface area contributed by atoms with Crippen LogP contribution in [0.2, 0.25) is 0 Å². The molecule has 7 nitrogen and oxygen atoms in total. The number of aromatic nitrogens is 3. The molecule has 0 aliphatic heterocycles. The predicted octanol–water partition coefficient (Wildman–Crippen LogP) is 1.97. The SMILES string of the molecule is O=C(Nc1cc(C2CC2)[nH]n1)c1ccc2[nH]c(=O)oc2c1. The third kappa shape index (κ3) is 2.22. The van der Waals surface area contributed by atoms with Crippen LogP contribution in [0.3, 0.4) is 0 Å². The molecule has 0 atom stereocenters. The first kappa shape index (κ1) is 12.0. The molecule has 0 saturated heterocycles. The van der Waals surface area contributed by atoms with Crippen LogP contribution in [0.4, 0.5) is 5.82 Å². The van der Waals surface area contributed by atoms with Gasteiger partial charge < -0.3 is 9.73 Å². The average Bonchev–Trinajstić information content (AvgIpc) is 3.09. The number of carbonyl (C=O) groups excluding carboxylic acids is 1. The first-order chi connectivity index (χ1) is 10.2. The van der Waals surface area contributed by atoms with Gasteiger partial charge in [-0.15, -0.1) is 0 Å². The maximum absolute atomic E-state index is 12.2. The van der Waals surface area contributed by atoms with Gasteiger partial charge in [0.1, 0.15) is 0 Å². The van der Waals surface area contributed by atoms with Crippen LogP contribution >= 0.6 is 0 Å². The van der Waals surface area contributed by atoms with Crippen molar-refractivity contribution in [2.75, 3.05) is 5.32 Å². The van der Waals surface area contributed by atoms with Crippen molar-refractivity contribution < 1.29 is 9.21 Å². The summed E-state index contributed by atoms with van der Waals surface area (Å²) in [5.41, 5.74) is 2.37. The highest BCUT2D eigenvalue weighted by Gasteiger charge is 2.25. The van der Waals surface area contributed by atoms with Gasteiger partial charge in [-0.1, -0.05) is 0 Å². The minimum atomic E-state index is -0.538. The van der Waals surface area contributed by atoms with Gasteiger partial charge in [-0.2, -0.15) is 5.10 Å². The Morgan fingerprint density at radius 2 is 2.19 bits per heavy atom. The molecule has 0 bridgehead atoms. The summed E-state index contributed by atoms with van der Waals surface area (Å²) in [6.45, 7) is 0. The molecule has 3 N–H and O–H groups in total. The summed E-state index contributed by atoms with van der Waals surface area (Å²) in [4.78, 5) is 25.8. The summed E-state index contributed by atoms with van der Waals surface area (Å²) >= 11 is 0. The first-order valence-electron chi connectivity index (χ1n) is 6.68. The lowest BCUT2D eigenvalue weighted by atomic mass is 10.2. The smallest absolute Gasteiger partial charge is 0.408 e. The lowest BCUT2D eigenvalue weighted by Gasteiger charge is -2.01. The highest BCUT2D eigenvalue weighted by atomic mass is 16.4. The summed E-state index contributed by atoms with van der Waals surface area (Å²) in [6.07, 6.45) is 2.33. The van der Waals surface area contributed by atoms with E-state index in [0.717, 1.165) is 5.69 Å². The molecule has 0 unspecified atom stereocenters. The van der Waals surface area contributed by atoms with E-state index < -0.39 is 5.76 Å². The summed E-state index contributed by atoms with van der Waals surface area (Å²) in [5, 5.41) is 9.72. The highest BCUT2D eigenvalue weighted by Crippen LogP contribution is 2.39. The molecule has 2 heterocycles. The van der Waals surface area contributed by atoms with Gasteiger partial charge >= 0.3 is 5.76 Å². The molecule has 0 radical (unpaired) electrons. The Balaban J connectivity index is 1.57. The van der Waals surface area contributed by atoms with Gasteiger partial charge in [0.2, 0.25) is 0 Å². The maximum atomic E-state index is 12.2. The zero-order chi connectivity index (χ0) is 14.4. The number of nitrogens with zero attached hydrogens (tertiary/aromatic N) is 1. The van der Waals surface area contributed by atoms with Gasteiger partial charge in [0, 0.05) is 23.2 Å². The first-order valence-corrected chi connectivity index (χ1v) is 6.68. The Bertz CT molecular complexity index is 885. The van der Waals surface area contributed by atoms with E-state index in [2.05, 4.69) is 20.5 Å². The van der Waals surface area contributed by atoms with E-state index in [4.69, 9.17) is 4.42 Å². The molecule has 1 aromatic carbocycles. The molecule has 1 aliphatic rings. The normalized spacial score (nSPS) is 14.5. The van der Waals surface area contributed by atoms with Gasteiger partial charge in [0.15, 0.2) is 11.4 Å². The molecule has 1 saturated carbocycles. The number of amides is 1. The molecule has 7 heteroatoms. The number of fused-ring (bicyclic) bond motifs is 1. The van der Waals surface area contributed by atoms with E-state index in [0.29, 0.717) is 28.4 Å². The van der Waals surface area contributed by atoms with E-state index in [9.17, 15) is 9.59 Å². The van der Waals surface area contributed by atoms with Crippen LogP contribution in [0.1, 0.15) is 34.8 Å². The number of carbonyl (C=O) groups is 1. The van der Waals surface area contributed by atoms with E-state index in [1.165, 1.54) is 18.9 Å². The van der Waals surface area contributed by atoms with Crippen molar-refractivity contribution in [2.24, 2.45) is 0 Å². The van der Waals surface area contributed by atoms with Crippen molar-refractivity contribution in [3.05, 3.63) is 46.1 Å². The number of rotatable bonds is 3. The second-order valence-electron chi connectivity index (χ2n) is 5.16. The van der Waals surface area contributed by atoms with Crippen LogP contribution < -0.4 is 11.1 Å². The molecule has 106 valence electrons. The van der Waals surface area contributed by atoms with Crippen molar-refractivity contribution >= 4 is 22.8 Å². The molecule has 0 spiro atoms. The van der Waals surface area contributed by atoms with Gasteiger partial charge in [0.25, 0.3) is 5.91 Å². The van der Waals surface area contributed by atoms with E-state index in [1.807, 2.05) is 6.07 Å². The van der Waals surface area contributed by atoms with Gasteiger partial charge in [-0.3, -0.25) is 14.9 Å². The third-order valence-corrected chi connectivity index (χ3v) is 3.54. The predicted molar refractivity (Wildman–Crippen MR) is 75.4 cm³/mol. The minimum absolute atomic E-state index is 0.297. The molecule has 1 amide bonds. The number of nitrogens with one attached hydrogen (secondary N) is 3. The lowest BCUT2D eigenvalue weighted by Crippen LogP contribution is -2.11. The quantitative estimate of drug-likeness (QED) is 0.684. The Labute approximate surface area is 118 Å².